The van der Waals surface area contributed by atoms with Gasteiger partial charge in [0.25, 0.3) is 0 Å². The van der Waals surface area contributed by atoms with Crippen LogP contribution in [-0.2, 0) is 10.2 Å². The highest BCUT2D eigenvalue weighted by atomic mass is 16.6. The van der Waals surface area contributed by atoms with Crippen LogP contribution in [0.4, 0.5) is 4.79 Å². The highest BCUT2D eigenvalue weighted by Gasteiger charge is 2.44. The molecule has 0 aliphatic carbocycles. The van der Waals surface area contributed by atoms with Gasteiger partial charge in [-0.3, -0.25) is 0 Å². The third-order valence-corrected chi connectivity index (χ3v) is 4.67. The molecular weight excluding hydrogens is 310 g/mol. The van der Waals surface area contributed by atoms with Crippen molar-refractivity contribution in [3.63, 3.8) is 0 Å². The number of rotatable bonds is 1. The molecule has 6 nitrogen and oxygen atoms in total. The molecule has 6 heteroatoms. The first-order valence-electron chi connectivity index (χ1n) is 8.19. The lowest BCUT2D eigenvalue weighted by Gasteiger charge is -2.39. The van der Waals surface area contributed by atoms with Crippen LogP contribution in [0.2, 0.25) is 0 Å². The van der Waals surface area contributed by atoms with Crippen LogP contribution in [0.5, 0.6) is 5.75 Å². The van der Waals surface area contributed by atoms with Crippen LogP contribution in [0.1, 0.15) is 49.5 Å². The molecule has 0 bridgehead atoms. The molecule has 2 aliphatic heterocycles. The molecule has 1 aromatic carbocycles. The van der Waals surface area contributed by atoms with E-state index in [4.69, 9.17) is 9.47 Å². The molecule has 1 N–H and O–H groups in total. The van der Waals surface area contributed by atoms with Gasteiger partial charge in [0.2, 0.25) is 0 Å². The summed E-state index contributed by atoms with van der Waals surface area (Å²) >= 11 is 0. The Balaban J connectivity index is 1.75. The Hall–Kier alpha value is -2.24. The van der Waals surface area contributed by atoms with E-state index in [2.05, 4.69) is 0 Å². The number of fused-ring (bicyclic) bond motifs is 2. The van der Waals surface area contributed by atoms with Crippen molar-refractivity contribution in [2.24, 2.45) is 0 Å². The number of ether oxygens (including phenoxy) is 2. The average molecular weight is 333 g/mol. The molecule has 2 aliphatic rings. The van der Waals surface area contributed by atoms with Crippen LogP contribution in [0.3, 0.4) is 0 Å². The highest BCUT2D eigenvalue weighted by molar-refractivity contribution is 5.88. The Labute approximate surface area is 141 Å². The normalized spacial score (nSPS) is 18.9. The van der Waals surface area contributed by atoms with Crippen LogP contribution in [-0.4, -0.2) is 47.4 Å². The number of nitrogens with zero attached hydrogens (tertiary/aromatic N) is 1. The van der Waals surface area contributed by atoms with Gasteiger partial charge in [0.15, 0.2) is 0 Å². The second-order valence-corrected chi connectivity index (χ2v) is 7.55. The average Bonchev–Trinajstić information content (AvgIpc) is 2.84. The van der Waals surface area contributed by atoms with Gasteiger partial charge < -0.3 is 19.5 Å². The van der Waals surface area contributed by atoms with Gasteiger partial charge in [-0.2, -0.15) is 0 Å². The minimum absolute atomic E-state index is 0.209. The molecule has 0 atom stereocenters. The molecule has 24 heavy (non-hydrogen) atoms. The molecule has 0 saturated carbocycles. The summed E-state index contributed by atoms with van der Waals surface area (Å²) in [5, 5.41) is 9.22. The lowest BCUT2D eigenvalue weighted by Crippen LogP contribution is -2.47. The molecule has 3 rings (SSSR count). The summed E-state index contributed by atoms with van der Waals surface area (Å²) in [5.74, 6) is -0.184. The summed E-state index contributed by atoms with van der Waals surface area (Å²) < 4.78 is 11.2. The zero-order valence-electron chi connectivity index (χ0n) is 14.3. The van der Waals surface area contributed by atoms with Crippen LogP contribution >= 0.6 is 0 Å². The van der Waals surface area contributed by atoms with Gasteiger partial charge in [0, 0.05) is 24.1 Å². The summed E-state index contributed by atoms with van der Waals surface area (Å²) in [7, 11) is 0. The molecule has 0 aromatic heterocycles. The Morgan fingerprint density at radius 2 is 1.92 bits per heavy atom. The number of hydrogen-bond acceptors (Lipinski definition) is 4. The Morgan fingerprint density at radius 3 is 2.50 bits per heavy atom. The first-order chi connectivity index (χ1) is 11.2. The molecule has 1 spiro atoms. The van der Waals surface area contributed by atoms with Crippen molar-refractivity contribution < 1.29 is 24.2 Å². The summed E-state index contributed by atoms with van der Waals surface area (Å²) in [6.07, 6.45) is 1.18. The van der Waals surface area contributed by atoms with Crippen molar-refractivity contribution in [2.45, 2.75) is 44.6 Å². The molecule has 0 radical (unpaired) electrons. The first-order valence-corrected chi connectivity index (χ1v) is 8.19. The van der Waals surface area contributed by atoms with E-state index < -0.39 is 11.6 Å². The lowest BCUT2D eigenvalue weighted by molar-refractivity contribution is 0.0152. The quantitative estimate of drug-likeness (QED) is 0.855. The van der Waals surface area contributed by atoms with Crippen molar-refractivity contribution in [1.82, 2.24) is 4.90 Å². The maximum Gasteiger partial charge on any atom is 0.410 e. The predicted octanol–water partition coefficient (Wildman–Crippen LogP) is 3.05. The zero-order chi connectivity index (χ0) is 17.5. The van der Waals surface area contributed by atoms with Gasteiger partial charge in [0.1, 0.15) is 11.4 Å². The third kappa shape index (κ3) is 3.05. The van der Waals surface area contributed by atoms with E-state index >= 15 is 0 Å². The van der Waals surface area contributed by atoms with Gasteiger partial charge >= 0.3 is 12.1 Å². The molecule has 2 heterocycles. The molecule has 1 amide bonds. The van der Waals surface area contributed by atoms with Gasteiger partial charge in [-0.25, -0.2) is 9.59 Å². The van der Waals surface area contributed by atoms with E-state index in [0.29, 0.717) is 19.7 Å². The van der Waals surface area contributed by atoms with E-state index in [1.165, 1.54) is 0 Å². The van der Waals surface area contributed by atoms with E-state index in [1.807, 2.05) is 20.8 Å². The Kier molecular flexibility index (Phi) is 3.94. The number of likely N-dealkylation sites (tertiary alicyclic amines) is 1. The fraction of sp³-hybridized carbons (Fsp3) is 0.556. The number of carbonyl (C=O) groups excluding carboxylic acids is 1. The number of carboxylic acid groups (broad SMARTS) is 1. The maximum absolute atomic E-state index is 12.2. The first kappa shape index (κ1) is 16.6. The Bertz CT molecular complexity index is 668. The standard InChI is InChI=1S/C18H23NO5/c1-17(2,3)24-16(22)19-8-6-18(7-9-19)11-23-14-5-4-12(15(20)21)10-13(14)18/h4-5,10H,6-9,11H2,1-3H3,(H,20,21). The SMILES string of the molecule is CC(C)(C)OC(=O)N1CCC2(CC1)COc1ccc(C(=O)O)cc12. The molecule has 1 fully saturated rings. The molecule has 130 valence electrons. The highest BCUT2D eigenvalue weighted by Crippen LogP contribution is 2.45. The monoisotopic (exact) mass is 333 g/mol. The van der Waals surface area contributed by atoms with Crippen LogP contribution in [0.25, 0.3) is 0 Å². The number of aromatic carboxylic acids is 1. The van der Waals surface area contributed by atoms with Crippen LogP contribution in [0, 0.1) is 0 Å². The van der Waals surface area contributed by atoms with E-state index in [0.717, 1.165) is 24.2 Å². The van der Waals surface area contributed by atoms with E-state index in [9.17, 15) is 14.7 Å². The maximum atomic E-state index is 12.2. The van der Waals surface area contributed by atoms with Gasteiger partial charge in [-0.15, -0.1) is 0 Å². The number of amides is 1. The molecule has 0 unspecified atom stereocenters. The third-order valence-electron chi connectivity index (χ3n) is 4.67. The number of benzene rings is 1. The topological polar surface area (TPSA) is 76.1 Å². The minimum Gasteiger partial charge on any atom is -0.492 e. The Morgan fingerprint density at radius 1 is 1.25 bits per heavy atom. The van der Waals surface area contributed by atoms with Crippen molar-refractivity contribution in [1.29, 1.82) is 0 Å². The van der Waals surface area contributed by atoms with E-state index in [-0.39, 0.29) is 17.1 Å². The second kappa shape index (κ2) is 5.69. The minimum atomic E-state index is -0.939. The van der Waals surface area contributed by atoms with Crippen LogP contribution < -0.4 is 4.74 Å². The fourth-order valence-corrected chi connectivity index (χ4v) is 3.35. The summed E-state index contributed by atoms with van der Waals surface area (Å²) in [5.41, 5.74) is 0.504. The second-order valence-electron chi connectivity index (χ2n) is 7.55. The summed E-state index contributed by atoms with van der Waals surface area (Å²) in [6.45, 7) is 7.25. The molecule has 1 aromatic rings. The number of hydrogen-bond donors (Lipinski definition) is 1. The number of carbonyl (C=O) groups is 2. The van der Waals surface area contributed by atoms with Gasteiger partial charge in [0.05, 0.1) is 12.2 Å². The van der Waals surface area contributed by atoms with Crippen LogP contribution in [0.15, 0.2) is 18.2 Å². The summed E-state index contributed by atoms with van der Waals surface area (Å²) in [4.78, 5) is 25.2. The van der Waals surface area contributed by atoms with Gasteiger partial charge in [-0.05, 0) is 51.8 Å². The molecular formula is C18H23NO5. The summed E-state index contributed by atoms with van der Waals surface area (Å²) in [6, 6.07) is 5.01. The van der Waals surface area contributed by atoms with E-state index in [1.54, 1.807) is 23.1 Å². The number of carboxylic acids is 1. The number of piperidine rings is 1. The smallest absolute Gasteiger partial charge is 0.410 e. The fourth-order valence-electron chi connectivity index (χ4n) is 3.35. The van der Waals surface area contributed by atoms with Gasteiger partial charge in [-0.1, -0.05) is 0 Å². The molecule has 1 saturated heterocycles. The largest absolute Gasteiger partial charge is 0.492 e. The van der Waals surface area contributed by atoms with Crippen molar-refractivity contribution in [3.05, 3.63) is 29.3 Å². The lowest BCUT2D eigenvalue weighted by atomic mass is 9.74. The zero-order valence-corrected chi connectivity index (χ0v) is 14.3. The van der Waals surface area contributed by atoms with Crippen molar-refractivity contribution in [3.8, 4) is 5.75 Å². The van der Waals surface area contributed by atoms with Crippen molar-refractivity contribution in [2.75, 3.05) is 19.7 Å². The van der Waals surface area contributed by atoms with Crippen molar-refractivity contribution >= 4 is 12.1 Å². The predicted molar refractivity (Wildman–Crippen MR) is 87.6 cm³/mol.